The Morgan fingerprint density at radius 2 is 1.74 bits per heavy atom. The number of hydrogen-bond donors (Lipinski definition) is 1. The minimum atomic E-state index is -1.22. The molecule has 2 heterocycles. The van der Waals surface area contributed by atoms with Crippen LogP contribution in [0.15, 0.2) is 64.3 Å². The second kappa shape index (κ2) is 10.2. The normalized spacial score (nSPS) is 17.2. The van der Waals surface area contributed by atoms with Crippen LogP contribution in [0.2, 0.25) is 0 Å². The number of nitrogens with one attached hydrogen (secondary N) is 1. The molecule has 0 bridgehead atoms. The predicted octanol–water partition coefficient (Wildman–Crippen LogP) is 3.79. The fraction of sp³-hybridized carbons (Fsp3) is 0.231. The topological polar surface area (TPSA) is 129 Å². The van der Waals surface area contributed by atoms with Gasteiger partial charge in [0.05, 0.1) is 22.2 Å². The van der Waals surface area contributed by atoms with Gasteiger partial charge in [-0.2, -0.15) is 0 Å². The average molecular weight is 539 g/mol. The van der Waals surface area contributed by atoms with Gasteiger partial charge in [0.25, 0.3) is 17.2 Å². The van der Waals surface area contributed by atoms with Crippen LogP contribution in [-0.4, -0.2) is 31.0 Å². The van der Waals surface area contributed by atoms with Gasteiger partial charge in [0, 0.05) is 35.8 Å². The van der Waals surface area contributed by atoms with Crippen LogP contribution in [0.4, 0.5) is 18.9 Å². The van der Waals surface area contributed by atoms with Gasteiger partial charge in [0.1, 0.15) is 5.82 Å². The molecule has 200 valence electrons. The molecule has 2 aromatic carbocycles. The van der Waals surface area contributed by atoms with Crippen LogP contribution in [0.25, 0.3) is 16.7 Å². The summed E-state index contributed by atoms with van der Waals surface area (Å²) in [5.41, 5.74) is -2.00. The first kappa shape index (κ1) is 25.8. The second-order valence-electron chi connectivity index (χ2n) is 9.20. The second-order valence-corrected chi connectivity index (χ2v) is 9.20. The fourth-order valence-corrected chi connectivity index (χ4v) is 4.87. The maximum Gasteiger partial charge on any atom is 0.337 e. The molecule has 0 spiro atoms. The van der Waals surface area contributed by atoms with Gasteiger partial charge in [-0.25, -0.2) is 27.5 Å². The number of carbonyl (C=O) groups excluding carboxylic acids is 1. The molecule has 1 aliphatic carbocycles. The van der Waals surface area contributed by atoms with Gasteiger partial charge in [-0.05, 0) is 49.9 Å². The van der Waals surface area contributed by atoms with E-state index in [0.29, 0.717) is 25.7 Å². The molecule has 13 heteroatoms. The molecule has 1 amide bonds. The highest BCUT2D eigenvalue weighted by Crippen LogP contribution is 2.28. The number of aromatic nitrogens is 3. The number of carbonyl (C=O) groups is 1. The maximum absolute atomic E-state index is 14.0. The number of halogens is 3. The largest absolute Gasteiger partial charge is 0.349 e. The van der Waals surface area contributed by atoms with Gasteiger partial charge < -0.3 is 5.32 Å². The van der Waals surface area contributed by atoms with Crippen molar-refractivity contribution >= 4 is 22.6 Å². The van der Waals surface area contributed by atoms with Gasteiger partial charge in [-0.3, -0.25) is 24.3 Å². The van der Waals surface area contributed by atoms with E-state index in [1.807, 2.05) is 0 Å². The Labute approximate surface area is 217 Å². The highest BCUT2D eigenvalue weighted by atomic mass is 19.2. The zero-order valence-corrected chi connectivity index (χ0v) is 20.1. The zero-order chi connectivity index (χ0) is 27.8. The Morgan fingerprint density at radius 1 is 1.00 bits per heavy atom. The summed E-state index contributed by atoms with van der Waals surface area (Å²) >= 11 is 0. The molecule has 5 rings (SSSR count). The first-order chi connectivity index (χ1) is 18.6. The van der Waals surface area contributed by atoms with Crippen molar-refractivity contribution in [3.05, 3.63) is 109 Å². The molecular formula is C26H20F3N5O5. The lowest BCUT2D eigenvalue weighted by Gasteiger charge is -2.30. The highest BCUT2D eigenvalue weighted by molar-refractivity contribution is 5.95. The summed E-state index contributed by atoms with van der Waals surface area (Å²) in [6.45, 7) is 0. The van der Waals surface area contributed by atoms with Gasteiger partial charge >= 0.3 is 5.69 Å². The molecule has 0 radical (unpaired) electrons. The number of non-ortho nitro benzene ring substituents is 1. The van der Waals surface area contributed by atoms with Gasteiger partial charge in [0.15, 0.2) is 17.3 Å². The maximum atomic E-state index is 14.0. The zero-order valence-electron chi connectivity index (χ0n) is 20.1. The molecular weight excluding hydrogens is 519 g/mol. The van der Waals surface area contributed by atoms with Crippen molar-refractivity contribution in [1.29, 1.82) is 0 Å². The van der Waals surface area contributed by atoms with Crippen LogP contribution in [0.1, 0.15) is 42.1 Å². The number of rotatable bonds is 5. The quantitative estimate of drug-likeness (QED) is 0.304. The van der Waals surface area contributed by atoms with E-state index in [1.54, 1.807) is 0 Å². The molecule has 39 heavy (non-hydrogen) atoms. The number of nitro groups is 1. The Kier molecular flexibility index (Phi) is 6.73. The van der Waals surface area contributed by atoms with Gasteiger partial charge in [-0.1, -0.05) is 6.07 Å². The van der Waals surface area contributed by atoms with E-state index in [1.165, 1.54) is 24.3 Å². The molecule has 1 saturated carbocycles. The minimum absolute atomic E-state index is 0.0883. The highest BCUT2D eigenvalue weighted by Gasteiger charge is 2.28. The lowest BCUT2D eigenvalue weighted by molar-refractivity contribution is -0.384. The Bertz CT molecular complexity index is 1740. The summed E-state index contributed by atoms with van der Waals surface area (Å²) in [6, 6.07) is 8.07. The van der Waals surface area contributed by atoms with E-state index in [2.05, 4.69) is 10.3 Å². The van der Waals surface area contributed by atoms with Gasteiger partial charge in [-0.15, -0.1) is 0 Å². The molecule has 1 aliphatic rings. The third-order valence-electron chi connectivity index (χ3n) is 6.77. The predicted molar refractivity (Wildman–Crippen MR) is 133 cm³/mol. The molecule has 0 unspecified atom stereocenters. The summed E-state index contributed by atoms with van der Waals surface area (Å²) in [4.78, 5) is 53.8. The average Bonchev–Trinajstić information content (AvgIpc) is 2.92. The number of benzene rings is 2. The molecule has 0 saturated heterocycles. The van der Waals surface area contributed by atoms with Crippen LogP contribution < -0.4 is 16.6 Å². The standard InChI is InChI=1S/C26H20F3N5O5/c27-15-11-20-23(30-13-15)32(18-8-9-21(28)22(29)12-18)26(37)33(25(20)36)17-6-4-16(5-7-17)31-24(35)14-2-1-3-19(10-14)34(38)39/h1-3,8-13,16-17H,4-7H2,(H,31,35)/t16-,17+. The van der Waals surface area contributed by atoms with Crippen LogP contribution in [0, 0.1) is 27.6 Å². The lowest BCUT2D eigenvalue weighted by Crippen LogP contribution is -2.45. The number of hydrogen-bond acceptors (Lipinski definition) is 6. The van der Waals surface area contributed by atoms with Crippen molar-refractivity contribution in [1.82, 2.24) is 19.4 Å². The first-order valence-corrected chi connectivity index (χ1v) is 12.0. The first-order valence-electron chi connectivity index (χ1n) is 12.0. The van der Waals surface area contributed by atoms with E-state index < -0.39 is 45.6 Å². The summed E-state index contributed by atoms with van der Waals surface area (Å²) in [6.07, 6.45) is 2.16. The molecule has 10 nitrogen and oxygen atoms in total. The molecule has 0 atom stereocenters. The molecule has 1 fully saturated rings. The van der Waals surface area contributed by atoms with E-state index in [-0.39, 0.29) is 34.0 Å². The van der Waals surface area contributed by atoms with Gasteiger partial charge in [0.2, 0.25) is 0 Å². The van der Waals surface area contributed by atoms with Crippen molar-refractivity contribution in [2.24, 2.45) is 0 Å². The van der Waals surface area contributed by atoms with Crippen LogP contribution in [-0.2, 0) is 0 Å². The SMILES string of the molecule is O=C(N[C@H]1CC[C@@H](n2c(=O)c3cc(F)cnc3n(-c3ccc(F)c(F)c3)c2=O)CC1)c1cccc([N+](=O)[O-])c1. The van der Waals surface area contributed by atoms with Crippen molar-refractivity contribution in [3.8, 4) is 5.69 Å². The summed E-state index contributed by atoms with van der Waals surface area (Å²) in [7, 11) is 0. The van der Waals surface area contributed by atoms with Crippen molar-refractivity contribution in [3.63, 3.8) is 0 Å². The van der Waals surface area contributed by atoms with Crippen molar-refractivity contribution in [2.75, 3.05) is 0 Å². The lowest BCUT2D eigenvalue weighted by atomic mass is 9.90. The smallest absolute Gasteiger partial charge is 0.337 e. The molecule has 1 N–H and O–H groups in total. The number of amides is 1. The third-order valence-corrected chi connectivity index (χ3v) is 6.77. The Morgan fingerprint density at radius 3 is 2.44 bits per heavy atom. The minimum Gasteiger partial charge on any atom is -0.349 e. The van der Waals surface area contributed by atoms with Crippen molar-refractivity contribution in [2.45, 2.75) is 37.8 Å². The van der Waals surface area contributed by atoms with Crippen molar-refractivity contribution < 1.29 is 22.9 Å². The molecule has 2 aromatic heterocycles. The van der Waals surface area contributed by atoms with E-state index in [9.17, 15) is 37.7 Å². The van der Waals surface area contributed by atoms with E-state index in [0.717, 1.165) is 39.6 Å². The van der Waals surface area contributed by atoms with Crippen LogP contribution >= 0.6 is 0 Å². The van der Waals surface area contributed by atoms with Crippen LogP contribution in [0.3, 0.4) is 0 Å². The number of pyridine rings is 1. The number of nitrogens with zero attached hydrogens (tertiary/aromatic N) is 4. The summed E-state index contributed by atoms with van der Waals surface area (Å²) in [5.74, 6) is -3.65. The number of fused-ring (bicyclic) bond motifs is 1. The Balaban J connectivity index is 1.45. The van der Waals surface area contributed by atoms with Crippen LogP contribution in [0.5, 0.6) is 0 Å². The monoisotopic (exact) mass is 539 g/mol. The fourth-order valence-electron chi connectivity index (χ4n) is 4.87. The summed E-state index contributed by atoms with van der Waals surface area (Å²) < 4.78 is 43.5. The number of nitro benzene ring substituents is 1. The third kappa shape index (κ3) is 4.90. The summed E-state index contributed by atoms with van der Waals surface area (Å²) in [5, 5.41) is 13.6. The molecule has 4 aromatic rings. The van der Waals surface area contributed by atoms with E-state index in [4.69, 9.17) is 0 Å². The van der Waals surface area contributed by atoms with E-state index >= 15 is 0 Å². The Hall–Kier alpha value is -4.81. The molecule has 0 aliphatic heterocycles.